The Bertz CT molecular complexity index is 581. The maximum atomic E-state index is 12.6. The topological polar surface area (TPSA) is 80.5 Å². The average Bonchev–Trinajstić information content (AvgIpc) is 2.70. The number of hydrogen-bond donors (Lipinski definition) is 0. The first kappa shape index (κ1) is 13.0. The minimum atomic E-state index is -4.57. The first-order valence-corrected chi connectivity index (χ1v) is 6.99. The molecule has 2 rings (SSSR count). The van der Waals surface area contributed by atoms with Crippen LogP contribution >= 0.6 is 0 Å². The van der Waals surface area contributed by atoms with Gasteiger partial charge in [0, 0.05) is 24.4 Å². The van der Waals surface area contributed by atoms with Crippen molar-refractivity contribution in [2.75, 3.05) is 17.2 Å². The van der Waals surface area contributed by atoms with Crippen molar-refractivity contribution in [2.24, 2.45) is 5.92 Å². The van der Waals surface area contributed by atoms with Gasteiger partial charge in [0.25, 0.3) is 0 Å². The number of rotatable bonds is 3. The van der Waals surface area contributed by atoms with Gasteiger partial charge in [0.1, 0.15) is 0 Å². The zero-order chi connectivity index (χ0) is 13.5. The summed E-state index contributed by atoms with van der Waals surface area (Å²) < 4.78 is 38.8. The van der Waals surface area contributed by atoms with Crippen LogP contribution in [-0.4, -0.2) is 31.8 Å². The molecule has 18 heavy (non-hydrogen) atoms. The SMILES string of the molecule is Cc1noc(N2CC(CS(=O)(=O)F)CC2=O)c1C. The second kappa shape index (κ2) is 4.34. The highest BCUT2D eigenvalue weighted by Crippen LogP contribution is 2.29. The summed E-state index contributed by atoms with van der Waals surface area (Å²) in [5, 5.41) is 3.73. The normalized spacial score (nSPS) is 20.7. The number of hydrogen-bond acceptors (Lipinski definition) is 5. The lowest BCUT2D eigenvalue weighted by molar-refractivity contribution is -0.117. The van der Waals surface area contributed by atoms with E-state index in [4.69, 9.17) is 4.52 Å². The maximum Gasteiger partial charge on any atom is 0.302 e. The molecular weight excluding hydrogens is 263 g/mol. The molecule has 0 N–H and O–H groups in total. The van der Waals surface area contributed by atoms with Crippen molar-refractivity contribution in [3.8, 4) is 0 Å². The Balaban J connectivity index is 2.18. The van der Waals surface area contributed by atoms with E-state index in [1.165, 1.54) is 4.90 Å². The van der Waals surface area contributed by atoms with Crippen LogP contribution in [0.15, 0.2) is 4.52 Å². The summed E-state index contributed by atoms with van der Waals surface area (Å²) in [6.07, 6.45) is 0.00232. The van der Waals surface area contributed by atoms with E-state index in [0.717, 1.165) is 5.56 Å². The maximum absolute atomic E-state index is 12.6. The summed E-state index contributed by atoms with van der Waals surface area (Å²) in [5.74, 6) is -1.14. The van der Waals surface area contributed by atoms with Gasteiger partial charge in [-0.3, -0.25) is 9.69 Å². The van der Waals surface area contributed by atoms with Gasteiger partial charge >= 0.3 is 10.2 Å². The van der Waals surface area contributed by atoms with Gasteiger partial charge in [-0.1, -0.05) is 5.16 Å². The van der Waals surface area contributed by atoms with Crippen LogP contribution < -0.4 is 4.90 Å². The first-order valence-electron chi connectivity index (χ1n) is 5.43. The predicted molar refractivity (Wildman–Crippen MR) is 61.3 cm³/mol. The molecule has 0 saturated carbocycles. The van der Waals surface area contributed by atoms with Gasteiger partial charge in [-0.25, -0.2) is 0 Å². The Hall–Kier alpha value is -1.44. The van der Waals surface area contributed by atoms with Crippen molar-refractivity contribution in [3.63, 3.8) is 0 Å². The van der Waals surface area contributed by atoms with Gasteiger partial charge < -0.3 is 4.52 Å². The summed E-state index contributed by atoms with van der Waals surface area (Å²) in [4.78, 5) is 13.1. The molecule has 1 amide bonds. The standard InChI is InChI=1S/C10H13FN2O4S/c1-6-7(2)12-17-10(6)13-4-8(3-9(13)14)5-18(11,15)16/h8H,3-5H2,1-2H3. The third-order valence-corrected chi connectivity index (χ3v) is 3.89. The Morgan fingerprint density at radius 1 is 1.50 bits per heavy atom. The molecule has 0 radical (unpaired) electrons. The number of carbonyl (C=O) groups excluding carboxylic acids is 1. The molecule has 100 valence electrons. The zero-order valence-electron chi connectivity index (χ0n) is 10.0. The molecule has 1 aromatic heterocycles. The van der Waals surface area contributed by atoms with Crippen LogP contribution in [0.2, 0.25) is 0 Å². The Labute approximate surface area is 104 Å². The molecule has 1 fully saturated rings. The molecule has 1 aromatic rings. The van der Waals surface area contributed by atoms with E-state index in [9.17, 15) is 17.1 Å². The third-order valence-electron chi connectivity index (χ3n) is 3.02. The van der Waals surface area contributed by atoms with Gasteiger partial charge in [-0.05, 0) is 13.8 Å². The molecule has 1 unspecified atom stereocenters. The number of amides is 1. The molecule has 1 saturated heterocycles. The number of carbonyl (C=O) groups is 1. The highest BCUT2D eigenvalue weighted by Gasteiger charge is 2.36. The zero-order valence-corrected chi connectivity index (χ0v) is 10.8. The lowest BCUT2D eigenvalue weighted by Crippen LogP contribution is -2.25. The minimum Gasteiger partial charge on any atom is -0.338 e. The summed E-state index contributed by atoms with van der Waals surface area (Å²) in [7, 11) is -4.57. The molecule has 0 bridgehead atoms. The van der Waals surface area contributed by atoms with Gasteiger partial charge in [0.05, 0.1) is 11.4 Å². The fourth-order valence-electron chi connectivity index (χ4n) is 2.03. The third kappa shape index (κ3) is 2.53. The molecule has 0 spiro atoms. The van der Waals surface area contributed by atoms with E-state index in [2.05, 4.69) is 5.16 Å². The second-order valence-corrected chi connectivity index (χ2v) is 5.89. The number of anilines is 1. The summed E-state index contributed by atoms with van der Waals surface area (Å²) in [5.41, 5.74) is 1.39. The number of aromatic nitrogens is 1. The van der Waals surface area contributed by atoms with E-state index >= 15 is 0 Å². The fraction of sp³-hybridized carbons (Fsp3) is 0.600. The van der Waals surface area contributed by atoms with Crippen molar-refractivity contribution in [1.82, 2.24) is 5.16 Å². The number of aryl methyl sites for hydroxylation is 1. The molecule has 0 aromatic carbocycles. The highest BCUT2D eigenvalue weighted by atomic mass is 32.3. The van der Waals surface area contributed by atoms with Crippen LogP contribution in [0.3, 0.4) is 0 Å². The summed E-state index contributed by atoms with van der Waals surface area (Å²) >= 11 is 0. The predicted octanol–water partition coefficient (Wildman–Crippen LogP) is 0.944. The lowest BCUT2D eigenvalue weighted by atomic mass is 10.1. The number of halogens is 1. The van der Waals surface area contributed by atoms with Crippen LogP contribution in [0.4, 0.5) is 9.77 Å². The molecule has 1 aliphatic rings. The van der Waals surface area contributed by atoms with E-state index < -0.39 is 21.9 Å². The second-order valence-electron chi connectivity index (χ2n) is 4.48. The lowest BCUT2D eigenvalue weighted by Gasteiger charge is -2.12. The largest absolute Gasteiger partial charge is 0.338 e. The smallest absolute Gasteiger partial charge is 0.302 e. The van der Waals surface area contributed by atoms with E-state index in [1.54, 1.807) is 13.8 Å². The van der Waals surface area contributed by atoms with Gasteiger partial charge in [0.15, 0.2) is 0 Å². The van der Waals surface area contributed by atoms with Crippen molar-refractivity contribution < 1.29 is 21.6 Å². The van der Waals surface area contributed by atoms with Crippen molar-refractivity contribution in [3.05, 3.63) is 11.3 Å². The first-order chi connectivity index (χ1) is 8.28. The van der Waals surface area contributed by atoms with E-state index in [1.807, 2.05) is 0 Å². The Kier molecular flexibility index (Phi) is 3.14. The Morgan fingerprint density at radius 2 is 2.17 bits per heavy atom. The highest BCUT2D eigenvalue weighted by molar-refractivity contribution is 7.86. The van der Waals surface area contributed by atoms with E-state index in [-0.39, 0.29) is 18.9 Å². The van der Waals surface area contributed by atoms with Crippen LogP contribution in [0.5, 0.6) is 0 Å². The molecule has 0 aliphatic carbocycles. The van der Waals surface area contributed by atoms with Crippen LogP contribution in [0, 0.1) is 19.8 Å². The summed E-state index contributed by atoms with van der Waals surface area (Å²) in [6.45, 7) is 3.64. The Morgan fingerprint density at radius 3 is 2.67 bits per heavy atom. The van der Waals surface area contributed by atoms with Crippen molar-refractivity contribution >= 4 is 22.0 Å². The minimum absolute atomic E-state index is 0.00232. The fourth-order valence-corrected chi connectivity index (χ4v) is 2.81. The van der Waals surface area contributed by atoms with Crippen LogP contribution in [-0.2, 0) is 15.0 Å². The molecule has 1 atom stereocenters. The molecule has 1 aliphatic heterocycles. The van der Waals surface area contributed by atoms with Crippen LogP contribution in [0.1, 0.15) is 17.7 Å². The van der Waals surface area contributed by atoms with Crippen molar-refractivity contribution in [1.29, 1.82) is 0 Å². The molecule has 2 heterocycles. The average molecular weight is 276 g/mol. The van der Waals surface area contributed by atoms with Gasteiger partial charge in [0.2, 0.25) is 11.8 Å². The summed E-state index contributed by atoms with van der Waals surface area (Å²) in [6, 6.07) is 0. The van der Waals surface area contributed by atoms with Crippen molar-refractivity contribution in [2.45, 2.75) is 20.3 Å². The molecule has 8 heteroatoms. The molecule has 6 nitrogen and oxygen atoms in total. The molecular formula is C10H13FN2O4S. The quantitative estimate of drug-likeness (QED) is 0.768. The number of nitrogens with zero attached hydrogens (tertiary/aromatic N) is 2. The monoisotopic (exact) mass is 276 g/mol. The van der Waals surface area contributed by atoms with Gasteiger partial charge in [-0.15, -0.1) is 3.89 Å². The van der Waals surface area contributed by atoms with E-state index in [0.29, 0.717) is 11.6 Å². The van der Waals surface area contributed by atoms with Gasteiger partial charge in [-0.2, -0.15) is 8.42 Å². The van der Waals surface area contributed by atoms with Crippen LogP contribution in [0.25, 0.3) is 0 Å².